The summed E-state index contributed by atoms with van der Waals surface area (Å²) in [5, 5.41) is 0. The van der Waals surface area contributed by atoms with Gasteiger partial charge in [-0.2, -0.15) is 0 Å². The van der Waals surface area contributed by atoms with E-state index >= 15 is 0 Å². The molecule has 1 rings (SSSR count). The highest BCUT2D eigenvalue weighted by Crippen LogP contribution is 2.16. The highest BCUT2D eigenvalue weighted by Gasteiger charge is 2.09. The zero-order valence-corrected chi connectivity index (χ0v) is 15.0. The van der Waals surface area contributed by atoms with Gasteiger partial charge in [-0.3, -0.25) is 4.79 Å². The highest BCUT2D eigenvalue weighted by atomic mass is 19.1. The largest absolute Gasteiger partial charge is 0.294 e. The molecular formula is C21H33FO. The van der Waals surface area contributed by atoms with E-state index in [0.717, 1.165) is 18.4 Å². The molecule has 0 fully saturated rings. The molecule has 0 N–H and O–H groups in total. The van der Waals surface area contributed by atoms with Crippen LogP contribution in [0, 0.1) is 12.7 Å². The van der Waals surface area contributed by atoms with Crippen molar-refractivity contribution in [2.45, 2.75) is 90.9 Å². The minimum absolute atomic E-state index is 0.151. The first kappa shape index (κ1) is 19.9. The predicted octanol–water partition coefficient (Wildman–Crippen LogP) is 7.02. The molecule has 0 aromatic heterocycles. The molecule has 0 aliphatic carbocycles. The maximum atomic E-state index is 13.0. The van der Waals surface area contributed by atoms with Crippen molar-refractivity contribution >= 4 is 5.78 Å². The van der Waals surface area contributed by atoms with Crippen LogP contribution in [0.4, 0.5) is 4.39 Å². The monoisotopic (exact) mass is 320 g/mol. The Morgan fingerprint density at radius 2 is 1.39 bits per heavy atom. The molecule has 1 aromatic rings. The number of halogens is 1. The van der Waals surface area contributed by atoms with Crippen molar-refractivity contribution in [3.63, 3.8) is 0 Å². The Bertz CT molecular complexity index is 453. The van der Waals surface area contributed by atoms with E-state index in [1.54, 1.807) is 13.0 Å². The highest BCUT2D eigenvalue weighted by molar-refractivity contribution is 5.97. The molecule has 0 saturated heterocycles. The van der Waals surface area contributed by atoms with Crippen LogP contribution in [0.5, 0.6) is 0 Å². The van der Waals surface area contributed by atoms with E-state index in [-0.39, 0.29) is 11.6 Å². The summed E-state index contributed by atoms with van der Waals surface area (Å²) in [6, 6.07) is 4.43. The molecule has 0 amide bonds. The van der Waals surface area contributed by atoms with Crippen LogP contribution in [0.1, 0.15) is 99.9 Å². The van der Waals surface area contributed by atoms with Gasteiger partial charge in [0.25, 0.3) is 0 Å². The lowest BCUT2D eigenvalue weighted by Crippen LogP contribution is -2.02. The molecule has 0 bridgehead atoms. The first-order valence-electron chi connectivity index (χ1n) is 9.44. The van der Waals surface area contributed by atoms with Crippen LogP contribution in [0.2, 0.25) is 0 Å². The number of ketones is 1. The topological polar surface area (TPSA) is 17.1 Å². The van der Waals surface area contributed by atoms with Crippen LogP contribution < -0.4 is 0 Å². The van der Waals surface area contributed by atoms with E-state index in [9.17, 15) is 9.18 Å². The summed E-state index contributed by atoms with van der Waals surface area (Å²) in [7, 11) is 0. The van der Waals surface area contributed by atoms with E-state index < -0.39 is 0 Å². The molecule has 0 radical (unpaired) electrons. The second kappa shape index (κ2) is 12.3. The minimum Gasteiger partial charge on any atom is -0.294 e. The molecule has 0 atom stereocenters. The van der Waals surface area contributed by atoms with Crippen molar-refractivity contribution in [2.24, 2.45) is 0 Å². The van der Waals surface area contributed by atoms with Crippen LogP contribution in [0.15, 0.2) is 18.2 Å². The van der Waals surface area contributed by atoms with Gasteiger partial charge in [0.15, 0.2) is 5.78 Å². The Balaban J connectivity index is 2.01. The standard InChI is InChI=1S/C21H33FO/c1-3-4-5-6-7-8-9-10-11-12-13-14-21(23)20-16-15-19(22)17-18(20)2/h15-17H,3-14H2,1-2H3. The van der Waals surface area contributed by atoms with Crippen LogP contribution in [0.25, 0.3) is 0 Å². The van der Waals surface area contributed by atoms with E-state index in [1.807, 2.05) is 0 Å². The van der Waals surface area contributed by atoms with Gasteiger partial charge in [0, 0.05) is 12.0 Å². The molecule has 130 valence electrons. The van der Waals surface area contributed by atoms with E-state index in [4.69, 9.17) is 0 Å². The summed E-state index contributed by atoms with van der Waals surface area (Å²) in [6.07, 6.45) is 14.7. The van der Waals surface area contributed by atoms with Gasteiger partial charge in [-0.15, -0.1) is 0 Å². The third-order valence-corrected chi connectivity index (χ3v) is 4.50. The lowest BCUT2D eigenvalue weighted by molar-refractivity contribution is 0.0978. The fourth-order valence-electron chi connectivity index (χ4n) is 3.02. The van der Waals surface area contributed by atoms with Crippen molar-refractivity contribution < 1.29 is 9.18 Å². The van der Waals surface area contributed by atoms with Gasteiger partial charge in [-0.1, -0.05) is 71.1 Å². The zero-order chi connectivity index (χ0) is 16.9. The summed E-state index contributed by atoms with van der Waals surface area (Å²) in [5.41, 5.74) is 1.43. The van der Waals surface area contributed by atoms with Crippen LogP contribution in [0.3, 0.4) is 0 Å². The van der Waals surface area contributed by atoms with Gasteiger partial charge in [0.1, 0.15) is 5.82 Å². The maximum Gasteiger partial charge on any atom is 0.163 e. The number of benzene rings is 1. The molecule has 0 aliphatic heterocycles. The molecule has 0 spiro atoms. The number of hydrogen-bond donors (Lipinski definition) is 0. The van der Waals surface area contributed by atoms with Crippen LogP contribution in [-0.2, 0) is 0 Å². The second-order valence-corrected chi connectivity index (χ2v) is 6.67. The van der Waals surface area contributed by atoms with E-state index in [0.29, 0.717) is 12.0 Å². The van der Waals surface area contributed by atoms with Crippen LogP contribution >= 0.6 is 0 Å². The lowest BCUT2D eigenvalue weighted by atomic mass is 9.99. The summed E-state index contributed by atoms with van der Waals surface area (Å²) >= 11 is 0. The number of Topliss-reactive ketones (excluding diaryl/α,β-unsaturated/α-hetero) is 1. The van der Waals surface area contributed by atoms with Crippen molar-refractivity contribution in [3.05, 3.63) is 35.1 Å². The normalized spacial score (nSPS) is 10.9. The predicted molar refractivity (Wildman–Crippen MR) is 96.5 cm³/mol. The molecule has 0 saturated carbocycles. The molecule has 1 nitrogen and oxygen atoms in total. The summed E-state index contributed by atoms with van der Waals surface area (Å²) in [5.74, 6) is -0.118. The third kappa shape index (κ3) is 8.88. The Labute approximate surface area is 141 Å². The number of rotatable bonds is 13. The van der Waals surface area contributed by atoms with Gasteiger partial charge in [-0.05, 0) is 37.1 Å². The summed E-state index contributed by atoms with van der Waals surface area (Å²) < 4.78 is 13.0. The van der Waals surface area contributed by atoms with Crippen molar-refractivity contribution in [3.8, 4) is 0 Å². The van der Waals surface area contributed by atoms with Gasteiger partial charge < -0.3 is 0 Å². The molecule has 23 heavy (non-hydrogen) atoms. The minimum atomic E-state index is -0.270. The first-order valence-corrected chi connectivity index (χ1v) is 9.44. The molecule has 0 aliphatic rings. The quantitative estimate of drug-likeness (QED) is 0.282. The Hall–Kier alpha value is -1.18. The van der Waals surface area contributed by atoms with Gasteiger partial charge in [0.2, 0.25) is 0 Å². The van der Waals surface area contributed by atoms with Crippen molar-refractivity contribution in [1.29, 1.82) is 0 Å². The molecular weight excluding hydrogens is 287 g/mol. The Kier molecular flexibility index (Phi) is 10.6. The SMILES string of the molecule is CCCCCCCCCCCCCC(=O)c1ccc(F)cc1C. The average Bonchev–Trinajstić information content (AvgIpc) is 2.52. The van der Waals surface area contributed by atoms with Crippen molar-refractivity contribution in [1.82, 2.24) is 0 Å². The molecule has 0 heterocycles. The zero-order valence-electron chi connectivity index (χ0n) is 15.0. The maximum absolute atomic E-state index is 13.0. The summed E-state index contributed by atoms with van der Waals surface area (Å²) in [4.78, 5) is 12.1. The Morgan fingerprint density at radius 1 is 0.870 bits per heavy atom. The van der Waals surface area contributed by atoms with Crippen LogP contribution in [-0.4, -0.2) is 5.78 Å². The Morgan fingerprint density at radius 3 is 1.91 bits per heavy atom. The lowest BCUT2D eigenvalue weighted by Gasteiger charge is -2.05. The van der Waals surface area contributed by atoms with Gasteiger partial charge in [0.05, 0.1) is 0 Å². The number of carbonyl (C=O) groups excluding carboxylic acids is 1. The van der Waals surface area contributed by atoms with E-state index in [1.165, 1.54) is 69.9 Å². The third-order valence-electron chi connectivity index (χ3n) is 4.50. The van der Waals surface area contributed by atoms with Gasteiger partial charge >= 0.3 is 0 Å². The second-order valence-electron chi connectivity index (χ2n) is 6.67. The molecule has 0 unspecified atom stereocenters. The van der Waals surface area contributed by atoms with Crippen molar-refractivity contribution in [2.75, 3.05) is 0 Å². The number of hydrogen-bond acceptors (Lipinski definition) is 1. The molecule has 1 aromatic carbocycles. The summed E-state index contributed by atoms with van der Waals surface area (Å²) in [6.45, 7) is 4.05. The van der Waals surface area contributed by atoms with Gasteiger partial charge in [-0.25, -0.2) is 4.39 Å². The number of unbranched alkanes of at least 4 members (excludes halogenated alkanes) is 10. The smallest absolute Gasteiger partial charge is 0.163 e. The molecule has 2 heteroatoms. The van der Waals surface area contributed by atoms with E-state index in [2.05, 4.69) is 6.92 Å². The average molecular weight is 320 g/mol. The fourth-order valence-corrected chi connectivity index (χ4v) is 3.02. The number of aryl methyl sites for hydroxylation is 1. The first-order chi connectivity index (χ1) is 11.1. The fraction of sp³-hybridized carbons (Fsp3) is 0.667. The number of carbonyl (C=O) groups is 1.